The van der Waals surface area contributed by atoms with Crippen LogP contribution in [-0.4, -0.2) is 22.6 Å². The minimum absolute atomic E-state index is 0.549. The van der Waals surface area contributed by atoms with E-state index in [1.54, 1.807) is 0 Å². The van der Waals surface area contributed by atoms with Crippen molar-refractivity contribution in [3.8, 4) is 0 Å². The lowest BCUT2D eigenvalue weighted by Gasteiger charge is -2.16. The van der Waals surface area contributed by atoms with E-state index in [1.807, 2.05) is 18.7 Å². The van der Waals surface area contributed by atoms with Gasteiger partial charge in [0.05, 0.1) is 6.33 Å². The van der Waals surface area contributed by atoms with Crippen molar-refractivity contribution >= 4 is 0 Å². The first-order chi connectivity index (χ1) is 5.88. The number of aromatic nitrogens is 2. The number of rotatable bonds is 5. The fraction of sp³-hybridized carbons (Fsp3) is 0.667. The second-order valence-corrected chi connectivity index (χ2v) is 2.88. The SMILES string of the molecule is CCNCC(CC)n1ccnc1. The van der Waals surface area contributed by atoms with E-state index < -0.39 is 0 Å². The van der Waals surface area contributed by atoms with E-state index in [0.29, 0.717) is 6.04 Å². The van der Waals surface area contributed by atoms with Gasteiger partial charge in [-0.2, -0.15) is 0 Å². The molecular weight excluding hydrogens is 150 g/mol. The molecule has 1 aromatic rings. The highest BCUT2D eigenvalue weighted by Gasteiger charge is 2.05. The molecule has 0 spiro atoms. The van der Waals surface area contributed by atoms with Crippen LogP contribution in [0.5, 0.6) is 0 Å². The van der Waals surface area contributed by atoms with Gasteiger partial charge in [0, 0.05) is 25.0 Å². The van der Waals surface area contributed by atoms with Crippen molar-refractivity contribution < 1.29 is 0 Å². The highest BCUT2D eigenvalue weighted by atomic mass is 15.1. The van der Waals surface area contributed by atoms with Crippen molar-refractivity contribution in [2.75, 3.05) is 13.1 Å². The van der Waals surface area contributed by atoms with E-state index in [0.717, 1.165) is 19.5 Å². The number of hydrogen-bond acceptors (Lipinski definition) is 2. The van der Waals surface area contributed by atoms with E-state index in [2.05, 4.69) is 28.7 Å². The Morgan fingerprint density at radius 1 is 1.50 bits per heavy atom. The van der Waals surface area contributed by atoms with Gasteiger partial charge in [0.1, 0.15) is 0 Å². The molecule has 0 aromatic carbocycles. The summed E-state index contributed by atoms with van der Waals surface area (Å²) < 4.78 is 2.16. The molecule has 0 aliphatic heterocycles. The summed E-state index contributed by atoms with van der Waals surface area (Å²) in [4.78, 5) is 4.03. The summed E-state index contributed by atoms with van der Waals surface area (Å²) in [6.07, 6.45) is 6.87. The van der Waals surface area contributed by atoms with Gasteiger partial charge in [0.15, 0.2) is 0 Å². The predicted molar refractivity (Wildman–Crippen MR) is 50.1 cm³/mol. The van der Waals surface area contributed by atoms with Crippen LogP contribution in [0.15, 0.2) is 18.7 Å². The molecule has 0 aliphatic carbocycles. The van der Waals surface area contributed by atoms with Crippen molar-refractivity contribution in [1.82, 2.24) is 14.9 Å². The van der Waals surface area contributed by atoms with Gasteiger partial charge in [0.25, 0.3) is 0 Å². The average Bonchev–Trinajstić information content (AvgIpc) is 2.59. The molecule has 1 aromatic heterocycles. The number of hydrogen-bond donors (Lipinski definition) is 1. The van der Waals surface area contributed by atoms with Crippen LogP contribution >= 0.6 is 0 Å². The lowest BCUT2D eigenvalue weighted by atomic mass is 10.2. The lowest BCUT2D eigenvalue weighted by Crippen LogP contribution is -2.24. The number of nitrogens with one attached hydrogen (secondary N) is 1. The number of nitrogens with zero attached hydrogens (tertiary/aromatic N) is 2. The Labute approximate surface area is 73.8 Å². The van der Waals surface area contributed by atoms with Gasteiger partial charge < -0.3 is 9.88 Å². The Balaban J connectivity index is 2.45. The molecule has 3 nitrogen and oxygen atoms in total. The minimum Gasteiger partial charge on any atom is -0.333 e. The standard InChI is InChI=1S/C9H17N3/c1-3-9(7-10-4-2)12-6-5-11-8-12/h5-6,8-10H,3-4,7H2,1-2H3. The van der Waals surface area contributed by atoms with Gasteiger partial charge in [-0.25, -0.2) is 4.98 Å². The molecule has 1 N–H and O–H groups in total. The highest BCUT2D eigenvalue weighted by Crippen LogP contribution is 2.08. The quantitative estimate of drug-likeness (QED) is 0.719. The van der Waals surface area contributed by atoms with E-state index in [9.17, 15) is 0 Å². The molecule has 0 bridgehead atoms. The smallest absolute Gasteiger partial charge is 0.0948 e. The third kappa shape index (κ3) is 2.34. The van der Waals surface area contributed by atoms with Gasteiger partial charge in [-0.05, 0) is 13.0 Å². The fourth-order valence-electron chi connectivity index (χ4n) is 1.26. The van der Waals surface area contributed by atoms with Crippen LogP contribution in [0.3, 0.4) is 0 Å². The maximum atomic E-state index is 4.03. The third-order valence-electron chi connectivity index (χ3n) is 2.05. The van der Waals surface area contributed by atoms with Gasteiger partial charge in [0.2, 0.25) is 0 Å². The molecule has 0 fully saturated rings. The zero-order chi connectivity index (χ0) is 8.81. The Bertz CT molecular complexity index is 194. The molecule has 0 aliphatic rings. The maximum Gasteiger partial charge on any atom is 0.0948 e. The van der Waals surface area contributed by atoms with Crippen LogP contribution in [-0.2, 0) is 0 Å². The van der Waals surface area contributed by atoms with Crippen molar-refractivity contribution in [3.63, 3.8) is 0 Å². The van der Waals surface area contributed by atoms with Crippen LogP contribution in [0.4, 0.5) is 0 Å². The molecule has 12 heavy (non-hydrogen) atoms. The molecule has 0 radical (unpaired) electrons. The van der Waals surface area contributed by atoms with E-state index in [-0.39, 0.29) is 0 Å². The van der Waals surface area contributed by atoms with Gasteiger partial charge in [-0.1, -0.05) is 13.8 Å². The Morgan fingerprint density at radius 2 is 2.33 bits per heavy atom. The van der Waals surface area contributed by atoms with Crippen molar-refractivity contribution in [2.45, 2.75) is 26.3 Å². The summed E-state index contributed by atoms with van der Waals surface area (Å²) in [5.41, 5.74) is 0. The molecule has 1 heterocycles. The van der Waals surface area contributed by atoms with Crippen LogP contribution < -0.4 is 5.32 Å². The lowest BCUT2D eigenvalue weighted by molar-refractivity contribution is 0.453. The Kier molecular flexibility index (Phi) is 3.80. The molecule has 1 rings (SSSR count). The molecule has 1 unspecified atom stereocenters. The van der Waals surface area contributed by atoms with E-state index in [4.69, 9.17) is 0 Å². The first-order valence-corrected chi connectivity index (χ1v) is 4.56. The number of imidazole rings is 1. The molecule has 1 atom stereocenters. The molecule has 0 saturated carbocycles. The normalized spacial score (nSPS) is 13.2. The average molecular weight is 167 g/mol. The largest absolute Gasteiger partial charge is 0.333 e. The molecule has 68 valence electrons. The van der Waals surface area contributed by atoms with Crippen LogP contribution in [0.1, 0.15) is 26.3 Å². The first-order valence-electron chi connectivity index (χ1n) is 4.56. The monoisotopic (exact) mass is 167 g/mol. The fourth-order valence-corrected chi connectivity index (χ4v) is 1.26. The van der Waals surface area contributed by atoms with E-state index in [1.165, 1.54) is 0 Å². The van der Waals surface area contributed by atoms with Crippen molar-refractivity contribution in [3.05, 3.63) is 18.7 Å². The topological polar surface area (TPSA) is 29.9 Å². The summed E-state index contributed by atoms with van der Waals surface area (Å²) in [5.74, 6) is 0. The van der Waals surface area contributed by atoms with Gasteiger partial charge >= 0.3 is 0 Å². The molecule has 3 heteroatoms. The summed E-state index contributed by atoms with van der Waals surface area (Å²) in [7, 11) is 0. The Morgan fingerprint density at radius 3 is 2.83 bits per heavy atom. The van der Waals surface area contributed by atoms with Crippen LogP contribution in [0.2, 0.25) is 0 Å². The summed E-state index contributed by atoms with van der Waals surface area (Å²) in [6, 6.07) is 0.549. The Hall–Kier alpha value is -0.830. The molecular formula is C9H17N3. The predicted octanol–water partition coefficient (Wildman–Crippen LogP) is 1.44. The maximum absolute atomic E-state index is 4.03. The third-order valence-corrected chi connectivity index (χ3v) is 2.05. The minimum atomic E-state index is 0.549. The second kappa shape index (κ2) is 4.93. The second-order valence-electron chi connectivity index (χ2n) is 2.88. The zero-order valence-corrected chi connectivity index (χ0v) is 7.83. The summed E-state index contributed by atoms with van der Waals surface area (Å²) >= 11 is 0. The van der Waals surface area contributed by atoms with Crippen LogP contribution in [0.25, 0.3) is 0 Å². The molecule has 0 saturated heterocycles. The summed E-state index contributed by atoms with van der Waals surface area (Å²) in [6.45, 7) is 6.39. The zero-order valence-electron chi connectivity index (χ0n) is 7.83. The van der Waals surface area contributed by atoms with E-state index >= 15 is 0 Å². The first kappa shape index (κ1) is 9.26. The van der Waals surface area contributed by atoms with Crippen molar-refractivity contribution in [2.24, 2.45) is 0 Å². The van der Waals surface area contributed by atoms with Crippen molar-refractivity contribution in [1.29, 1.82) is 0 Å². The van der Waals surface area contributed by atoms with Gasteiger partial charge in [-0.3, -0.25) is 0 Å². The van der Waals surface area contributed by atoms with Crippen LogP contribution in [0, 0.1) is 0 Å². The van der Waals surface area contributed by atoms with Gasteiger partial charge in [-0.15, -0.1) is 0 Å². The molecule has 0 amide bonds. The summed E-state index contributed by atoms with van der Waals surface area (Å²) in [5, 5.41) is 3.34. The number of likely N-dealkylation sites (N-methyl/N-ethyl adjacent to an activating group) is 1. The highest BCUT2D eigenvalue weighted by molar-refractivity contribution is 4.80.